The maximum atomic E-state index is 14.1. The number of benzene rings is 3. The topological polar surface area (TPSA) is 75.9 Å². The standard InChI is InChI=1S/C30H29N3O4S.ClH/c1-2-20-8-5-10-26-27(20)31-30(38-26)33(14-6-13-32-15-17-36-18-16-32)28(34)24-19-23-22-9-4-3-7-21(22)11-12-25(23)37-29(24)35;/h3-5,7-12,19H,2,6,13-18H2,1H3;1H. The van der Waals surface area contributed by atoms with Crippen molar-refractivity contribution in [2.75, 3.05) is 44.3 Å². The molecule has 1 saturated heterocycles. The normalized spacial score (nSPS) is 14.1. The van der Waals surface area contributed by atoms with Gasteiger partial charge in [0.25, 0.3) is 5.91 Å². The van der Waals surface area contributed by atoms with Gasteiger partial charge in [-0.05, 0) is 47.4 Å². The van der Waals surface area contributed by atoms with Crippen LogP contribution in [0.25, 0.3) is 32.0 Å². The predicted octanol–water partition coefficient (Wildman–Crippen LogP) is 5.91. The van der Waals surface area contributed by atoms with Gasteiger partial charge < -0.3 is 9.15 Å². The zero-order valence-corrected chi connectivity index (χ0v) is 23.4. The van der Waals surface area contributed by atoms with Crippen LogP contribution in [0.4, 0.5) is 5.13 Å². The Kier molecular flexibility index (Phi) is 8.28. The lowest BCUT2D eigenvalue weighted by atomic mass is 10.0. The second-order valence-corrected chi connectivity index (χ2v) is 10.5. The average Bonchev–Trinajstić information content (AvgIpc) is 3.39. The number of aromatic nitrogens is 1. The van der Waals surface area contributed by atoms with E-state index in [2.05, 4.69) is 17.9 Å². The molecule has 39 heavy (non-hydrogen) atoms. The van der Waals surface area contributed by atoms with E-state index in [1.165, 1.54) is 11.3 Å². The van der Waals surface area contributed by atoms with Crippen molar-refractivity contribution in [2.45, 2.75) is 19.8 Å². The highest BCUT2D eigenvalue weighted by atomic mass is 35.5. The summed E-state index contributed by atoms with van der Waals surface area (Å²) in [5.41, 5.74) is 1.91. The molecule has 6 rings (SSSR count). The first-order chi connectivity index (χ1) is 18.6. The Morgan fingerprint density at radius 1 is 1.05 bits per heavy atom. The van der Waals surface area contributed by atoms with Gasteiger partial charge in [-0.3, -0.25) is 14.6 Å². The van der Waals surface area contributed by atoms with E-state index in [4.69, 9.17) is 14.1 Å². The molecule has 9 heteroatoms. The van der Waals surface area contributed by atoms with E-state index in [1.807, 2.05) is 42.5 Å². The van der Waals surface area contributed by atoms with Crippen LogP contribution >= 0.6 is 23.7 Å². The Balaban J connectivity index is 0.00000308. The van der Waals surface area contributed by atoms with Crippen LogP contribution in [0, 0.1) is 0 Å². The summed E-state index contributed by atoms with van der Waals surface area (Å²) in [5, 5.41) is 3.31. The van der Waals surface area contributed by atoms with Gasteiger partial charge >= 0.3 is 5.63 Å². The van der Waals surface area contributed by atoms with E-state index >= 15 is 0 Å². The SMILES string of the molecule is CCc1cccc2sc(N(CCCN3CCOCC3)C(=O)c3cc4c(ccc5ccccc54)oc3=O)nc12.Cl. The Morgan fingerprint density at radius 2 is 1.87 bits per heavy atom. The number of amides is 1. The van der Waals surface area contributed by atoms with E-state index in [0.717, 1.165) is 77.6 Å². The molecule has 0 aliphatic carbocycles. The highest BCUT2D eigenvalue weighted by Gasteiger charge is 2.26. The van der Waals surface area contributed by atoms with Gasteiger partial charge in [-0.15, -0.1) is 12.4 Å². The fourth-order valence-corrected chi connectivity index (χ4v) is 6.16. The molecule has 0 N–H and O–H groups in total. The van der Waals surface area contributed by atoms with Crippen molar-refractivity contribution in [3.05, 3.63) is 82.2 Å². The molecule has 3 aromatic carbocycles. The third-order valence-electron chi connectivity index (χ3n) is 7.18. The van der Waals surface area contributed by atoms with Crippen LogP contribution in [-0.4, -0.2) is 55.2 Å². The molecule has 0 saturated carbocycles. The van der Waals surface area contributed by atoms with Gasteiger partial charge in [0.15, 0.2) is 5.13 Å². The van der Waals surface area contributed by atoms with E-state index in [1.54, 1.807) is 17.0 Å². The van der Waals surface area contributed by atoms with E-state index in [9.17, 15) is 9.59 Å². The molecule has 202 valence electrons. The average molecular weight is 564 g/mol. The lowest BCUT2D eigenvalue weighted by molar-refractivity contribution is 0.0376. The third kappa shape index (κ3) is 5.43. The van der Waals surface area contributed by atoms with Crippen molar-refractivity contribution < 1.29 is 13.9 Å². The second kappa shape index (κ2) is 11.8. The van der Waals surface area contributed by atoms with Gasteiger partial charge in [-0.25, -0.2) is 9.78 Å². The molecule has 0 radical (unpaired) electrons. The van der Waals surface area contributed by atoms with Crippen molar-refractivity contribution in [2.24, 2.45) is 0 Å². The minimum absolute atomic E-state index is 0. The zero-order valence-electron chi connectivity index (χ0n) is 21.7. The maximum absolute atomic E-state index is 14.1. The minimum atomic E-state index is -0.633. The number of para-hydroxylation sites is 1. The molecule has 7 nitrogen and oxygen atoms in total. The van der Waals surface area contributed by atoms with Crippen molar-refractivity contribution in [1.29, 1.82) is 0 Å². The fraction of sp³-hybridized carbons (Fsp3) is 0.300. The molecule has 3 heterocycles. The van der Waals surface area contributed by atoms with Crippen molar-refractivity contribution in [3.8, 4) is 0 Å². The highest BCUT2D eigenvalue weighted by Crippen LogP contribution is 2.32. The molecule has 1 aliphatic heterocycles. The lowest BCUT2D eigenvalue weighted by Gasteiger charge is -2.27. The summed E-state index contributed by atoms with van der Waals surface area (Å²) in [6.45, 7) is 6.62. The smallest absolute Gasteiger partial charge is 0.349 e. The summed E-state index contributed by atoms with van der Waals surface area (Å²) < 4.78 is 12.2. The molecule has 5 aromatic rings. The first-order valence-corrected chi connectivity index (χ1v) is 13.9. The molecular formula is C30H30ClN3O4S. The van der Waals surface area contributed by atoms with Crippen LogP contribution in [0.1, 0.15) is 29.3 Å². The van der Waals surface area contributed by atoms with Gasteiger partial charge in [-0.2, -0.15) is 0 Å². The summed E-state index contributed by atoms with van der Waals surface area (Å²) in [4.78, 5) is 36.0. The van der Waals surface area contributed by atoms with Crippen LogP contribution in [0.2, 0.25) is 0 Å². The number of halogens is 1. The zero-order chi connectivity index (χ0) is 26.1. The summed E-state index contributed by atoms with van der Waals surface area (Å²) >= 11 is 1.48. The van der Waals surface area contributed by atoms with Crippen LogP contribution in [-0.2, 0) is 11.2 Å². The second-order valence-electron chi connectivity index (χ2n) is 9.52. The molecule has 0 atom stereocenters. The van der Waals surface area contributed by atoms with Gasteiger partial charge in [0.1, 0.15) is 11.1 Å². The van der Waals surface area contributed by atoms with Crippen LogP contribution < -0.4 is 10.5 Å². The number of carbonyl (C=O) groups is 1. The minimum Gasteiger partial charge on any atom is -0.422 e. The first-order valence-electron chi connectivity index (χ1n) is 13.1. The number of nitrogens with zero attached hydrogens (tertiary/aromatic N) is 3. The number of thiazole rings is 1. The van der Waals surface area contributed by atoms with E-state index in [0.29, 0.717) is 17.3 Å². The quantitative estimate of drug-likeness (QED) is 0.181. The first kappa shape index (κ1) is 27.3. The van der Waals surface area contributed by atoms with Gasteiger partial charge in [0.2, 0.25) is 0 Å². The molecule has 1 aliphatic rings. The molecule has 1 fully saturated rings. The largest absolute Gasteiger partial charge is 0.422 e. The molecular weight excluding hydrogens is 534 g/mol. The number of anilines is 1. The Hall–Kier alpha value is -3.30. The molecule has 0 unspecified atom stereocenters. The maximum Gasteiger partial charge on any atom is 0.349 e. The lowest BCUT2D eigenvalue weighted by Crippen LogP contribution is -2.40. The van der Waals surface area contributed by atoms with Crippen LogP contribution in [0.3, 0.4) is 0 Å². The van der Waals surface area contributed by atoms with E-state index < -0.39 is 5.63 Å². The summed E-state index contributed by atoms with van der Waals surface area (Å²) in [7, 11) is 0. The molecule has 2 aromatic heterocycles. The van der Waals surface area contributed by atoms with Crippen LogP contribution in [0.5, 0.6) is 0 Å². The number of carbonyl (C=O) groups excluding carboxylic acids is 1. The number of rotatable bonds is 7. The van der Waals surface area contributed by atoms with Crippen molar-refractivity contribution in [1.82, 2.24) is 9.88 Å². The van der Waals surface area contributed by atoms with Gasteiger partial charge in [0, 0.05) is 31.6 Å². The van der Waals surface area contributed by atoms with Crippen molar-refractivity contribution >= 4 is 66.7 Å². The third-order valence-corrected chi connectivity index (χ3v) is 8.22. The number of ether oxygens (including phenoxy) is 1. The summed E-state index contributed by atoms with van der Waals surface area (Å²) in [6.07, 6.45) is 1.61. The highest BCUT2D eigenvalue weighted by molar-refractivity contribution is 7.22. The van der Waals surface area contributed by atoms with Gasteiger partial charge in [-0.1, -0.05) is 60.7 Å². The van der Waals surface area contributed by atoms with Gasteiger partial charge in [0.05, 0.1) is 23.4 Å². The Morgan fingerprint density at radius 3 is 2.69 bits per heavy atom. The number of aryl methyl sites for hydroxylation is 1. The number of hydrogen-bond donors (Lipinski definition) is 0. The number of morpholine rings is 1. The van der Waals surface area contributed by atoms with Crippen molar-refractivity contribution in [3.63, 3.8) is 0 Å². The molecule has 1 amide bonds. The molecule has 0 bridgehead atoms. The fourth-order valence-electron chi connectivity index (χ4n) is 5.12. The number of fused-ring (bicyclic) bond motifs is 4. The molecule has 0 spiro atoms. The predicted molar refractivity (Wildman–Crippen MR) is 160 cm³/mol. The Labute approximate surface area is 236 Å². The van der Waals surface area contributed by atoms with Crippen LogP contribution in [0.15, 0.2) is 69.9 Å². The van der Waals surface area contributed by atoms with E-state index in [-0.39, 0.29) is 23.9 Å². The number of hydrogen-bond acceptors (Lipinski definition) is 7. The summed E-state index contributed by atoms with van der Waals surface area (Å²) in [5.74, 6) is -0.382. The Bertz CT molecular complexity index is 1690. The monoisotopic (exact) mass is 563 g/mol. The summed E-state index contributed by atoms with van der Waals surface area (Å²) in [6, 6.07) is 19.4.